The van der Waals surface area contributed by atoms with Crippen LogP contribution >= 0.6 is 0 Å². The van der Waals surface area contributed by atoms with Crippen LogP contribution in [0.5, 0.6) is 17.2 Å². The lowest BCUT2D eigenvalue weighted by molar-refractivity contribution is -0.122. The quantitative estimate of drug-likeness (QED) is 0.429. The Balaban J connectivity index is 1.67. The van der Waals surface area contributed by atoms with Gasteiger partial charge in [0.1, 0.15) is 17.2 Å². The van der Waals surface area contributed by atoms with Crippen molar-refractivity contribution in [3.05, 3.63) is 95.1 Å². The Bertz CT molecular complexity index is 1460. The number of carbonyl (C=O) groups excluding carboxylic acids is 1. The molecule has 1 amide bonds. The number of hydrogen-bond donors (Lipinski definition) is 1. The Kier molecular flexibility index (Phi) is 7.66. The van der Waals surface area contributed by atoms with E-state index in [0.29, 0.717) is 35.8 Å². The van der Waals surface area contributed by atoms with Crippen LogP contribution in [-0.4, -0.2) is 47.1 Å². The van der Waals surface area contributed by atoms with E-state index in [1.807, 2.05) is 36.4 Å². The summed E-state index contributed by atoms with van der Waals surface area (Å²) in [5.41, 5.74) is 3.71. The maximum atomic E-state index is 13.6. The minimum Gasteiger partial charge on any atom is -0.497 e. The zero-order chi connectivity index (χ0) is 26.6. The van der Waals surface area contributed by atoms with Crippen molar-refractivity contribution in [3.63, 3.8) is 0 Å². The molecule has 0 atom stereocenters. The molecule has 3 aromatic rings. The summed E-state index contributed by atoms with van der Waals surface area (Å²) in [5.74, 6) is 1.83. The van der Waals surface area contributed by atoms with Gasteiger partial charge in [-0.25, -0.2) is 13.6 Å². The van der Waals surface area contributed by atoms with Gasteiger partial charge in [0.05, 0.1) is 31.9 Å². The molecule has 0 aromatic heterocycles. The fourth-order valence-corrected chi connectivity index (χ4v) is 4.60. The number of benzene rings is 3. The topological polar surface area (TPSA) is 108 Å². The molecule has 8 nitrogen and oxygen atoms in total. The van der Waals surface area contributed by atoms with Crippen molar-refractivity contribution in [3.8, 4) is 17.2 Å². The van der Waals surface area contributed by atoms with Gasteiger partial charge in [-0.15, -0.1) is 0 Å². The van der Waals surface area contributed by atoms with E-state index >= 15 is 0 Å². The van der Waals surface area contributed by atoms with Crippen LogP contribution < -0.4 is 19.3 Å². The van der Waals surface area contributed by atoms with Crippen LogP contribution in [0.4, 0.5) is 0 Å². The van der Waals surface area contributed by atoms with Gasteiger partial charge in [-0.1, -0.05) is 12.1 Å². The molecular weight excluding hydrogens is 492 g/mol. The van der Waals surface area contributed by atoms with E-state index in [2.05, 4.69) is 0 Å². The summed E-state index contributed by atoms with van der Waals surface area (Å²) >= 11 is 0. The molecule has 192 valence electrons. The number of methoxy groups -OCH3 is 3. The Hall–Kier alpha value is -4.08. The molecule has 0 aliphatic carbocycles. The van der Waals surface area contributed by atoms with Crippen molar-refractivity contribution < 1.29 is 27.4 Å². The number of amides is 1. The zero-order valence-electron chi connectivity index (χ0n) is 20.8. The summed E-state index contributed by atoms with van der Waals surface area (Å²) in [6.07, 6.45) is 4.15. The first-order chi connectivity index (χ1) is 17.7. The normalized spacial score (nSPS) is 14.6. The molecule has 1 heterocycles. The molecule has 2 N–H and O–H groups in total. The van der Waals surface area contributed by atoms with Crippen molar-refractivity contribution in [1.82, 2.24) is 4.90 Å². The minimum absolute atomic E-state index is 0.0461. The van der Waals surface area contributed by atoms with E-state index in [-0.39, 0.29) is 10.8 Å². The summed E-state index contributed by atoms with van der Waals surface area (Å²) in [4.78, 5) is 15.4. The van der Waals surface area contributed by atoms with E-state index in [0.717, 1.165) is 22.4 Å². The van der Waals surface area contributed by atoms with E-state index in [1.165, 1.54) is 12.1 Å². The maximum Gasteiger partial charge on any atom is 0.258 e. The Morgan fingerprint density at radius 2 is 1.51 bits per heavy atom. The average molecular weight is 521 g/mol. The molecule has 1 aliphatic heterocycles. The molecule has 1 aliphatic rings. The molecule has 0 bridgehead atoms. The predicted molar refractivity (Wildman–Crippen MR) is 142 cm³/mol. The summed E-state index contributed by atoms with van der Waals surface area (Å²) in [6.45, 7) is 0.387. The van der Waals surface area contributed by atoms with Crippen LogP contribution in [0.15, 0.2) is 83.3 Å². The molecule has 37 heavy (non-hydrogen) atoms. The number of primary sulfonamides is 1. The molecular formula is C28H28N2O6S. The van der Waals surface area contributed by atoms with Crippen LogP contribution in [0.25, 0.3) is 11.8 Å². The molecule has 4 rings (SSSR count). The highest BCUT2D eigenvalue weighted by atomic mass is 32.2. The second-order valence-electron chi connectivity index (χ2n) is 8.36. The zero-order valence-corrected chi connectivity index (χ0v) is 21.6. The summed E-state index contributed by atoms with van der Waals surface area (Å²) < 4.78 is 39.2. The Labute approximate surface area is 216 Å². The molecule has 3 aromatic carbocycles. The van der Waals surface area contributed by atoms with E-state index in [4.69, 9.17) is 19.3 Å². The van der Waals surface area contributed by atoms with Gasteiger partial charge >= 0.3 is 0 Å². The van der Waals surface area contributed by atoms with Gasteiger partial charge < -0.3 is 19.1 Å². The lowest BCUT2D eigenvalue weighted by atomic mass is 10.1. The monoisotopic (exact) mass is 520 g/mol. The van der Waals surface area contributed by atoms with Crippen LogP contribution in [0.2, 0.25) is 0 Å². The largest absolute Gasteiger partial charge is 0.497 e. The molecule has 0 saturated heterocycles. The van der Waals surface area contributed by atoms with Gasteiger partial charge in [-0.2, -0.15) is 0 Å². The first kappa shape index (κ1) is 26.0. The number of sulfonamides is 1. The van der Waals surface area contributed by atoms with Crippen molar-refractivity contribution in [2.24, 2.45) is 5.14 Å². The predicted octanol–water partition coefficient (Wildman–Crippen LogP) is 3.87. The third-order valence-electron chi connectivity index (χ3n) is 6.08. The molecule has 0 radical (unpaired) electrons. The number of ether oxygens (including phenoxy) is 3. The van der Waals surface area contributed by atoms with Crippen molar-refractivity contribution in [1.29, 1.82) is 0 Å². The maximum absolute atomic E-state index is 13.6. The number of rotatable bonds is 9. The van der Waals surface area contributed by atoms with E-state index < -0.39 is 10.0 Å². The fraction of sp³-hybridized carbons (Fsp3) is 0.179. The van der Waals surface area contributed by atoms with Gasteiger partial charge in [0.15, 0.2) is 0 Å². The highest BCUT2D eigenvalue weighted by molar-refractivity contribution is 7.89. The number of carbonyl (C=O) groups is 1. The summed E-state index contributed by atoms with van der Waals surface area (Å²) in [6, 6.07) is 19.2. The second-order valence-corrected chi connectivity index (χ2v) is 9.92. The first-order valence-electron chi connectivity index (χ1n) is 11.5. The third-order valence-corrected chi connectivity index (χ3v) is 7.01. The minimum atomic E-state index is -3.77. The number of nitrogens with two attached hydrogens (primary N) is 1. The van der Waals surface area contributed by atoms with Crippen LogP contribution in [0.1, 0.15) is 16.7 Å². The van der Waals surface area contributed by atoms with Crippen LogP contribution in [0.3, 0.4) is 0 Å². The van der Waals surface area contributed by atoms with Gasteiger partial charge in [0, 0.05) is 17.7 Å². The Morgan fingerprint density at radius 3 is 2.11 bits per heavy atom. The molecule has 9 heteroatoms. The molecule has 0 spiro atoms. The second kappa shape index (κ2) is 10.9. The Morgan fingerprint density at radius 1 is 0.865 bits per heavy atom. The highest BCUT2D eigenvalue weighted by Gasteiger charge is 2.29. The van der Waals surface area contributed by atoms with E-state index in [1.54, 1.807) is 56.6 Å². The molecule has 0 unspecified atom stereocenters. The first-order valence-corrected chi connectivity index (χ1v) is 13.0. The van der Waals surface area contributed by atoms with Crippen LogP contribution in [0, 0.1) is 0 Å². The van der Waals surface area contributed by atoms with Crippen molar-refractivity contribution in [2.75, 3.05) is 27.9 Å². The molecule has 0 fully saturated rings. The standard InChI is InChI=1S/C28H28N2O6S/c1-34-23-8-6-20(7-9-23)26-18-22(16-21-17-24(35-2)10-13-27(21)36-3)28(31)30(26)15-14-19-4-11-25(12-5-19)37(29,32)33/h4-13,16-18H,14-15H2,1-3H3,(H2,29,32,33)/b22-16-. The lowest BCUT2D eigenvalue weighted by Gasteiger charge is -2.21. The van der Waals surface area contributed by atoms with Crippen molar-refractivity contribution >= 4 is 27.7 Å². The van der Waals surface area contributed by atoms with E-state index in [9.17, 15) is 13.2 Å². The molecule has 0 saturated carbocycles. The number of nitrogens with zero attached hydrogens (tertiary/aromatic N) is 1. The van der Waals surface area contributed by atoms with Crippen LogP contribution in [-0.2, 0) is 21.2 Å². The smallest absolute Gasteiger partial charge is 0.258 e. The lowest BCUT2D eigenvalue weighted by Crippen LogP contribution is -2.27. The van der Waals surface area contributed by atoms with Gasteiger partial charge in [0.2, 0.25) is 10.0 Å². The summed E-state index contributed by atoms with van der Waals surface area (Å²) in [5, 5.41) is 5.20. The summed E-state index contributed by atoms with van der Waals surface area (Å²) in [7, 11) is 0.990. The van der Waals surface area contributed by atoms with Gasteiger partial charge in [-0.3, -0.25) is 4.79 Å². The average Bonchev–Trinajstić information content (AvgIpc) is 3.21. The van der Waals surface area contributed by atoms with Gasteiger partial charge in [-0.05, 0) is 84.3 Å². The highest BCUT2D eigenvalue weighted by Crippen LogP contribution is 2.34. The number of hydrogen-bond acceptors (Lipinski definition) is 6. The van der Waals surface area contributed by atoms with Crippen molar-refractivity contribution in [2.45, 2.75) is 11.3 Å². The fourth-order valence-electron chi connectivity index (χ4n) is 4.08. The van der Waals surface area contributed by atoms with Gasteiger partial charge in [0.25, 0.3) is 5.91 Å². The third kappa shape index (κ3) is 5.84. The SMILES string of the molecule is COc1ccc(C2=C/C(=C/c3cc(OC)ccc3OC)C(=O)N2CCc2ccc(S(N)(=O)=O)cc2)cc1.